The molecule has 1 fully saturated rings. The monoisotopic (exact) mass is 292 g/mol. The van der Waals surface area contributed by atoms with Crippen LogP contribution in [0, 0.1) is 5.92 Å². The molecule has 0 unspecified atom stereocenters. The minimum atomic E-state index is -0.326. The van der Waals surface area contributed by atoms with Gasteiger partial charge in [-0.1, -0.05) is 0 Å². The summed E-state index contributed by atoms with van der Waals surface area (Å²) in [6, 6.07) is 5.27. The Bertz CT molecular complexity index is 544. The van der Waals surface area contributed by atoms with E-state index in [1.54, 1.807) is 37.3 Å². The number of ether oxygens (including phenoxy) is 2. The van der Waals surface area contributed by atoms with Gasteiger partial charge in [-0.15, -0.1) is 0 Å². The molecule has 0 radical (unpaired) electrons. The van der Waals surface area contributed by atoms with Crippen LogP contribution in [0.2, 0.25) is 0 Å². The molecular formula is C15H20N2O4. The Labute approximate surface area is 124 Å². The van der Waals surface area contributed by atoms with Crippen LogP contribution in [0.5, 0.6) is 11.5 Å². The topological polar surface area (TPSA) is 67.9 Å². The number of rotatable bonds is 5. The second-order valence-electron chi connectivity index (χ2n) is 4.84. The smallest absolute Gasteiger partial charge is 0.227 e. The van der Waals surface area contributed by atoms with Crippen LogP contribution in [0.25, 0.3) is 0 Å². The van der Waals surface area contributed by atoms with Crippen LogP contribution >= 0.6 is 0 Å². The van der Waals surface area contributed by atoms with Gasteiger partial charge in [0, 0.05) is 25.6 Å². The molecule has 0 bridgehead atoms. The Balaban J connectivity index is 2.25. The lowest BCUT2D eigenvalue weighted by Gasteiger charge is -2.20. The summed E-state index contributed by atoms with van der Waals surface area (Å²) < 4.78 is 10.5. The molecule has 114 valence electrons. The van der Waals surface area contributed by atoms with Gasteiger partial charge in [0.1, 0.15) is 11.5 Å². The van der Waals surface area contributed by atoms with Crippen molar-refractivity contribution >= 4 is 17.5 Å². The molecule has 1 aliphatic heterocycles. The first-order valence-corrected chi connectivity index (χ1v) is 6.90. The van der Waals surface area contributed by atoms with Crippen LogP contribution in [0.3, 0.4) is 0 Å². The van der Waals surface area contributed by atoms with Crippen molar-refractivity contribution in [3.8, 4) is 11.5 Å². The highest BCUT2D eigenvalue weighted by atomic mass is 16.5. The molecule has 1 heterocycles. The van der Waals surface area contributed by atoms with E-state index in [0.717, 1.165) is 0 Å². The van der Waals surface area contributed by atoms with E-state index in [2.05, 4.69) is 5.32 Å². The zero-order chi connectivity index (χ0) is 15.4. The number of carbonyl (C=O) groups is 2. The second-order valence-corrected chi connectivity index (χ2v) is 4.84. The summed E-state index contributed by atoms with van der Waals surface area (Å²) in [5.74, 6) is 0.724. The van der Waals surface area contributed by atoms with Crippen LogP contribution in [-0.2, 0) is 9.59 Å². The number of nitrogens with zero attached hydrogens (tertiary/aromatic N) is 1. The largest absolute Gasteiger partial charge is 0.497 e. The number of methoxy groups -OCH3 is 2. The van der Waals surface area contributed by atoms with Crippen molar-refractivity contribution in [2.75, 3.05) is 32.2 Å². The molecule has 1 aromatic rings. The lowest BCUT2D eigenvalue weighted by molar-refractivity contribution is -0.126. The van der Waals surface area contributed by atoms with Crippen LogP contribution in [0.15, 0.2) is 18.2 Å². The van der Waals surface area contributed by atoms with E-state index >= 15 is 0 Å². The first kappa shape index (κ1) is 15.2. The molecule has 0 aliphatic carbocycles. The van der Waals surface area contributed by atoms with Crippen LogP contribution in [0.4, 0.5) is 5.69 Å². The van der Waals surface area contributed by atoms with Crippen LogP contribution < -0.4 is 19.7 Å². The summed E-state index contributed by atoms with van der Waals surface area (Å²) in [4.78, 5) is 25.7. The number of carbonyl (C=O) groups excluding carboxylic acids is 2. The van der Waals surface area contributed by atoms with Crippen molar-refractivity contribution < 1.29 is 19.1 Å². The van der Waals surface area contributed by atoms with Crippen LogP contribution in [-0.4, -0.2) is 39.1 Å². The van der Waals surface area contributed by atoms with Crippen molar-refractivity contribution in [2.45, 2.75) is 13.3 Å². The molecule has 6 heteroatoms. The van der Waals surface area contributed by atoms with E-state index in [9.17, 15) is 9.59 Å². The average Bonchev–Trinajstić information content (AvgIpc) is 2.88. The molecule has 2 rings (SSSR count). The minimum Gasteiger partial charge on any atom is -0.497 e. The van der Waals surface area contributed by atoms with Crippen molar-refractivity contribution in [3.63, 3.8) is 0 Å². The number of benzene rings is 1. The molecule has 21 heavy (non-hydrogen) atoms. The van der Waals surface area contributed by atoms with Crippen molar-refractivity contribution in [2.24, 2.45) is 5.92 Å². The Hall–Kier alpha value is -2.24. The van der Waals surface area contributed by atoms with E-state index in [0.29, 0.717) is 30.3 Å². The van der Waals surface area contributed by atoms with Gasteiger partial charge in [0.2, 0.25) is 11.8 Å². The fraction of sp³-hybridized carbons (Fsp3) is 0.467. The molecule has 6 nitrogen and oxygen atoms in total. The molecule has 1 aromatic carbocycles. The normalized spacial score (nSPS) is 17.8. The maximum Gasteiger partial charge on any atom is 0.227 e. The summed E-state index contributed by atoms with van der Waals surface area (Å²) in [7, 11) is 3.11. The maximum atomic E-state index is 12.2. The number of hydrogen-bond donors (Lipinski definition) is 1. The SMILES string of the molecule is CCNC(=O)[C@@H]1CC(=O)N(c2cc(OC)ccc2OC)C1. The summed E-state index contributed by atoms with van der Waals surface area (Å²) >= 11 is 0. The quantitative estimate of drug-likeness (QED) is 0.885. The number of anilines is 1. The van der Waals surface area contributed by atoms with Gasteiger partial charge in [0.15, 0.2) is 0 Å². The lowest BCUT2D eigenvalue weighted by Crippen LogP contribution is -2.32. The predicted octanol–water partition coefficient (Wildman–Crippen LogP) is 1.19. The fourth-order valence-electron chi connectivity index (χ4n) is 2.44. The van der Waals surface area contributed by atoms with Gasteiger partial charge in [-0.05, 0) is 19.1 Å². The zero-order valence-electron chi connectivity index (χ0n) is 12.5. The molecule has 2 amide bonds. The number of amides is 2. The minimum absolute atomic E-state index is 0.0854. The van der Waals surface area contributed by atoms with E-state index in [-0.39, 0.29) is 24.2 Å². The first-order chi connectivity index (χ1) is 10.1. The van der Waals surface area contributed by atoms with Gasteiger partial charge in [-0.25, -0.2) is 0 Å². The van der Waals surface area contributed by atoms with E-state index in [1.165, 1.54) is 0 Å². The van der Waals surface area contributed by atoms with E-state index in [1.807, 2.05) is 6.92 Å². The lowest BCUT2D eigenvalue weighted by atomic mass is 10.1. The molecular weight excluding hydrogens is 272 g/mol. The average molecular weight is 292 g/mol. The van der Waals surface area contributed by atoms with Gasteiger partial charge >= 0.3 is 0 Å². The Morgan fingerprint density at radius 3 is 2.76 bits per heavy atom. The Morgan fingerprint density at radius 2 is 2.14 bits per heavy atom. The van der Waals surface area contributed by atoms with Crippen molar-refractivity contribution in [3.05, 3.63) is 18.2 Å². The Kier molecular flexibility index (Phi) is 4.67. The zero-order valence-corrected chi connectivity index (χ0v) is 12.5. The highest BCUT2D eigenvalue weighted by Crippen LogP contribution is 2.35. The summed E-state index contributed by atoms with van der Waals surface area (Å²) in [6.07, 6.45) is 0.214. The molecule has 0 spiro atoms. The van der Waals surface area contributed by atoms with Gasteiger partial charge in [-0.2, -0.15) is 0 Å². The molecule has 1 atom stereocenters. The standard InChI is InChI=1S/C15H20N2O4/c1-4-16-15(19)10-7-14(18)17(9-10)12-8-11(20-2)5-6-13(12)21-3/h5-6,8,10H,4,7,9H2,1-3H3,(H,16,19)/t10-/m1/s1. The highest BCUT2D eigenvalue weighted by Gasteiger charge is 2.36. The van der Waals surface area contributed by atoms with E-state index in [4.69, 9.17) is 9.47 Å². The third-order valence-corrected chi connectivity index (χ3v) is 3.52. The van der Waals surface area contributed by atoms with Crippen LogP contribution in [0.1, 0.15) is 13.3 Å². The first-order valence-electron chi connectivity index (χ1n) is 6.90. The molecule has 0 saturated carbocycles. The van der Waals surface area contributed by atoms with Gasteiger partial charge in [-0.3, -0.25) is 9.59 Å². The number of nitrogens with one attached hydrogen (secondary N) is 1. The van der Waals surface area contributed by atoms with Gasteiger partial charge in [0.05, 0.1) is 25.8 Å². The highest BCUT2D eigenvalue weighted by molar-refractivity contribution is 6.01. The summed E-state index contributed by atoms with van der Waals surface area (Å²) in [5, 5.41) is 2.76. The molecule has 1 aliphatic rings. The third kappa shape index (κ3) is 3.09. The van der Waals surface area contributed by atoms with E-state index < -0.39 is 0 Å². The van der Waals surface area contributed by atoms with Gasteiger partial charge in [0.25, 0.3) is 0 Å². The third-order valence-electron chi connectivity index (χ3n) is 3.52. The second kappa shape index (κ2) is 6.47. The van der Waals surface area contributed by atoms with Crippen molar-refractivity contribution in [1.29, 1.82) is 0 Å². The molecule has 0 aromatic heterocycles. The molecule has 1 N–H and O–H groups in total. The number of hydrogen-bond acceptors (Lipinski definition) is 4. The fourth-order valence-corrected chi connectivity index (χ4v) is 2.44. The van der Waals surface area contributed by atoms with Gasteiger partial charge < -0.3 is 19.7 Å². The Morgan fingerprint density at radius 1 is 1.38 bits per heavy atom. The maximum absolute atomic E-state index is 12.2. The predicted molar refractivity (Wildman–Crippen MR) is 78.7 cm³/mol. The summed E-state index contributed by atoms with van der Waals surface area (Å²) in [5.41, 5.74) is 0.633. The molecule has 1 saturated heterocycles. The summed E-state index contributed by atoms with van der Waals surface area (Å²) in [6.45, 7) is 2.78. The van der Waals surface area contributed by atoms with Crippen molar-refractivity contribution in [1.82, 2.24) is 5.32 Å².